The molecule has 6 nitrogen and oxygen atoms in total. The van der Waals surface area contributed by atoms with Crippen molar-refractivity contribution >= 4 is 18.1 Å². The second-order valence-electron chi connectivity index (χ2n) is 9.26. The van der Waals surface area contributed by atoms with Crippen molar-refractivity contribution in [2.24, 2.45) is 0 Å². The van der Waals surface area contributed by atoms with E-state index in [9.17, 15) is 9.18 Å². The van der Waals surface area contributed by atoms with Crippen LogP contribution in [0, 0.1) is 5.82 Å². The van der Waals surface area contributed by atoms with Gasteiger partial charge in [0.05, 0.1) is 5.56 Å². The molecule has 0 saturated carbocycles. The number of halogens is 1. The topological polar surface area (TPSA) is 73.6 Å². The third kappa shape index (κ3) is 7.28. The van der Waals surface area contributed by atoms with Gasteiger partial charge in [0.15, 0.2) is 11.5 Å². The van der Waals surface area contributed by atoms with Crippen molar-refractivity contribution in [3.63, 3.8) is 0 Å². The molecule has 5 aromatic rings. The highest BCUT2D eigenvalue weighted by molar-refractivity contribution is 5.93. The Morgan fingerprint density at radius 1 is 0.829 bits per heavy atom. The molecule has 206 valence electrons. The molecule has 4 aromatic carbocycles. The van der Waals surface area contributed by atoms with E-state index in [2.05, 4.69) is 10.5 Å². The molecule has 0 aliphatic heterocycles. The second kappa shape index (κ2) is 13.3. The van der Waals surface area contributed by atoms with Crippen molar-refractivity contribution in [1.82, 2.24) is 10.5 Å². The molecule has 7 heteroatoms. The molecule has 0 saturated heterocycles. The highest BCUT2D eigenvalue weighted by Crippen LogP contribution is 2.38. The van der Waals surface area contributed by atoms with Gasteiger partial charge >= 0.3 is 0 Å². The quantitative estimate of drug-likeness (QED) is 0.173. The maximum atomic E-state index is 13.8. The van der Waals surface area contributed by atoms with E-state index in [-0.39, 0.29) is 17.4 Å². The number of nitrogens with zero attached hydrogens (tertiary/aromatic N) is 1. The molecule has 41 heavy (non-hydrogen) atoms. The fraction of sp³-hybridized carbons (Fsp3) is 0.118. The first-order chi connectivity index (χ1) is 20.1. The van der Waals surface area contributed by atoms with Gasteiger partial charge < -0.3 is 19.3 Å². The van der Waals surface area contributed by atoms with Crippen LogP contribution in [0.1, 0.15) is 39.7 Å². The van der Waals surface area contributed by atoms with E-state index in [0.29, 0.717) is 53.7 Å². The van der Waals surface area contributed by atoms with Crippen LogP contribution in [0.25, 0.3) is 23.5 Å². The summed E-state index contributed by atoms with van der Waals surface area (Å²) < 4.78 is 32.0. The van der Waals surface area contributed by atoms with Crippen molar-refractivity contribution in [2.75, 3.05) is 6.54 Å². The zero-order valence-electron chi connectivity index (χ0n) is 22.5. The Balaban J connectivity index is 1.56. The molecule has 0 fully saturated rings. The number of nitrogens with one attached hydrogen (secondary N) is 1. The summed E-state index contributed by atoms with van der Waals surface area (Å²) in [7, 11) is 0. The van der Waals surface area contributed by atoms with Crippen LogP contribution in [-0.4, -0.2) is 17.6 Å². The molecule has 0 unspecified atom stereocenters. The number of aromatic nitrogens is 1. The molecular formula is C34H29FN2O4. The Hall–Kier alpha value is -5.17. The summed E-state index contributed by atoms with van der Waals surface area (Å²) in [6.45, 7) is 2.94. The zero-order valence-corrected chi connectivity index (χ0v) is 22.5. The third-order valence-corrected chi connectivity index (χ3v) is 6.24. The lowest BCUT2D eigenvalue weighted by atomic mass is 10.0. The first kappa shape index (κ1) is 27.4. The Morgan fingerprint density at radius 2 is 1.51 bits per heavy atom. The van der Waals surface area contributed by atoms with E-state index in [0.717, 1.165) is 11.1 Å². The van der Waals surface area contributed by atoms with Gasteiger partial charge in [-0.25, -0.2) is 4.39 Å². The largest absolute Gasteiger partial charge is 0.488 e. The number of amides is 1. The zero-order chi connectivity index (χ0) is 28.4. The van der Waals surface area contributed by atoms with E-state index in [4.69, 9.17) is 14.0 Å². The van der Waals surface area contributed by atoms with Gasteiger partial charge in [-0.15, -0.1) is 0 Å². The Bertz CT molecular complexity index is 1630. The van der Waals surface area contributed by atoms with E-state index in [1.165, 1.54) is 12.1 Å². The van der Waals surface area contributed by atoms with Crippen molar-refractivity contribution in [1.29, 1.82) is 0 Å². The van der Waals surface area contributed by atoms with Crippen molar-refractivity contribution in [3.8, 4) is 22.8 Å². The molecule has 0 aliphatic rings. The van der Waals surface area contributed by atoms with Crippen molar-refractivity contribution < 1.29 is 23.2 Å². The van der Waals surface area contributed by atoms with Crippen LogP contribution < -0.4 is 14.8 Å². The number of carbonyl (C=O) groups excluding carboxylic acids is 1. The average Bonchev–Trinajstić information content (AvgIpc) is 3.50. The molecule has 0 atom stereocenters. The predicted octanol–water partition coefficient (Wildman–Crippen LogP) is 7.56. The summed E-state index contributed by atoms with van der Waals surface area (Å²) in [6, 6.07) is 31.2. The highest BCUT2D eigenvalue weighted by Gasteiger charge is 2.19. The molecular weight excluding hydrogens is 519 g/mol. The summed E-state index contributed by atoms with van der Waals surface area (Å²) in [5.74, 6) is 0.778. The van der Waals surface area contributed by atoms with Crippen molar-refractivity contribution in [3.05, 3.63) is 137 Å². The van der Waals surface area contributed by atoms with Gasteiger partial charge in [0.2, 0.25) is 0 Å². The number of benzene rings is 4. The maximum absolute atomic E-state index is 13.8. The summed E-state index contributed by atoms with van der Waals surface area (Å²) in [5.41, 5.74) is 4.16. The van der Waals surface area contributed by atoms with Crippen LogP contribution in [0.5, 0.6) is 11.5 Å². The highest BCUT2D eigenvalue weighted by atomic mass is 19.1. The molecule has 1 N–H and O–H groups in total. The van der Waals surface area contributed by atoms with Gasteiger partial charge in [-0.05, 0) is 41.8 Å². The molecule has 5 rings (SSSR count). The summed E-state index contributed by atoms with van der Waals surface area (Å²) in [4.78, 5) is 12.4. The smallest absolute Gasteiger partial charge is 0.273 e. The SMILES string of the molecule is CCNC(=O)c1cc(-c2cc(C=Cc3cccc(F)c3)c(OCc3ccccc3)cc2OCc2ccccc2)on1. The second-order valence-corrected chi connectivity index (χ2v) is 9.26. The van der Waals surface area contributed by atoms with Gasteiger partial charge in [-0.3, -0.25) is 4.79 Å². The molecule has 1 heterocycles. The van der Waals surface area contributed by atoms with E-state index >= 15 is 0 Å². The molecule has 1 amide bonds. The molecule has 0 aliphatic carbocycles. The van der Waals surface area contributed by atoms with Crippen LogP contribution in [0.3, 0.4) is 0 Å². The summed E-state index contributed by atoms with van der Waals surface area (Å²) in [6.07, 6.45) is 3.66. The minimum absolute atomic E-state index is 0.164. The van der Waals surface area contributed by atoms with E-state index in [1.807, 2.05) is 91.9 Å². The fourth-order valence-corrected chi connectivity index (χ4v) is 4.17. The summed E-state index contributed by atoms with van der Waals surface area (Å²) >= 11 is 0. The van der Waals surface area contributed by atoms with Gasteiger partial charge in [0, 0.05) is 24.2 Å². The standard InChI is InChI=1S/C34H29FN2O4/c1-2-36-34(38)30-20-33(41-37-30)29-19-27(17-16-24-14-9-15-28(35)18-24)31(39-22-25-10-5-3-6-11-25)21-32(29)40-23-26-12-7-4-8-13-26/h3-21H,2,22-23H2,1H3,(H,36,38). The first-order valence-electron chi connectivity index (χ1n) is 13.3. The number of rotatable bonds is 11. The molecule has 0 radical (unpaired) electrons. The summed E-state index contributed by atoms with van der Waals surface area (Å²) in [5, 5.41) is 6.70. The number of hydrogen-bond donors (Lipinski definition) is 1. The van der Waals surface area contributed by atoms with E-state index < -0.39 is 0 Å². The van der Waals surface area contributed by atoms with Gasteiger partial charge in [-0.2, -0.15) is 0 Å². The minimum atomic E-state index is -0.330. The van der Waals surface area contributed by atoms with Crippen LogP contribution in [0.15, 0.2) is 108 Å². The van der Waals surface area contributed by atoms with Crippen LogP contribution in [0.2, 0.25) is 0 Å². The number of hydrogen-bond acceptors (Lipinski definition) is 5. The van der Waals surface area contributed by atoms with Crippen LogP contribution in [0.4, 0.5) is 4.39 Å². The van der Waals surface area contributed by atoms with E-state index in [1.54, 1.807) is 18.2 Å². The van der Waals surface area contributed by atoms with Crippen LogP contribution >= 0.6 is 0 Å². The van der Waals surface area contributed by atoms with Crippen molar-refractivity contribution in [2.45, 2.75) is 20.1 Å². The lowest BCUT2D eigenvalue weighted by Gasteiger charge is -2.16. The minimum Gasteiger partial charge on any atom is -0.488 e. The maximum Gasteiger partial charge on any atom is 0.273 e. The number of ether oxygens (including phenoxy) is 2. The lowest BCUT2D eigenvalue weighted by Crippen LogP contribution is -2.22. The Kier molecular flexibility index (Phi) is 8.86. The molecule has 0 spiro atoms. The van der Waals surface area contributed by atoms with Gasteiger partial charge in [0.25, 0.3) is 5.91 Å². The number of carbonyl (C=O) groups is 1. The Morgan fingerprint density at radius 3 is 2.17 bits per heavy atom. The van der Waals surface area contributed by atoms with Gasteiger partial charge in [0.1, 0.15) is 30.5 Å². The normalized spacial score (nSPS) is 11.0. The predicted molar refractivity (Wildman–Crippen MR) is 157 cm³/mol. The molecule has 0 bridgehead atoms. The average molecular weight is 549 g/mol. The lowest BCUT2D eigenvalue weighted by molar-refractivity contribution is 0.0947. The molecule has 1 aromatic heterocycles. The van der Waals surface area contributed by atoms with Gasteiger partial charge in [-0.1, -0.05) is 90.1 Å². The third-order valence-electron chi connectivity index (χ3n) is 6.24. The monoisotopic (exact) mass is 548 g/mol. The first-order valence-corrected chi connectivity index (χ1v) is 13.3. The van der Waals surface area contributed by atoms with Crippen LogP contribution in [-0.2, 0) is 13.2 Å². The fourth-order valence-electron chi connectivity index (χ4n) is 4.17. The Labute approximate surface area is 238 Å².